The maximum absolute atomic E-state index is 5.73. The minimum Gasteiger partial charge on any atom is -0.496 e. The maximum Gasteiger partial charge on any atom is 0.123 e. The second kappa shape index (κ2) is 9.57. The normalized spacial score (nSPS) is 21.9. The van der Waals surface area contributed by atoms with Gasteiger partial charge in [-0.3, -0.25) is 0 Å². The lowest BCUT2D eigenvalue weighted by Gasteiger charge is -2.35. The molecule has 1 saturated heterocycles. The highest BCUT2D eigenvalue weighted by Gasteiger charge is 2.43. The van der Waals surface area contributed by atoms with E-state index in [4.69, 9.17) is 4.74 Å². The first kappa shape index (κ1) is 24.8. The van der Waals surface area contributed by atoms with E-state index in [-0.39, 0.29) is 10.8 Å². The molecule has 3 heteroatoms. The zero-order valence-corrected chi connectivity index (χ0v) is 21.7. The molecule has 32 heavy (non-hydrogen) atoms. The van der Waals surface area contributed by atoms with Crippen molar-refractivity contribution in [3.63, 3.8) is 0 Å². The van der Waals surface area contributed by atoms with E-state index in [2.05, 4.69) is 108 Å². The SMILES string of the molecule is COc1ccc(C(C)(C)C)cc1CNC1C(c2ccccc2C(C)C)NCC1C(C)(C)C. The summed E-state index contributed by atoms with van der Waals surface area (Å²) in [7, 11) is 1.77. The van der Waals surface area contributed by atoms with Gasteiger partial charge < -0.3 is 15.4 Å². The van der Waals surface area contributed by atoms with Crippen molar-refractivity contribution >= 4 is 0 Å². The van der Waals surface area contributed by atoms with Gasteiger partial charge in [-0.1, -0.05) is 91.8 Å². The Kier molecular flexibility index (Phi) is 7.41. The van der Waals surface area contributed by atoms with Crippen LogP contribution in [0.5, 0.6) is 5.75 Å². The van der Waals surface area contributed by atoms with E-state index < -0.39 is 0 Å². The summed E-state index contributed by atoms with van der Waals surface area (Å²) in [4.78, 5) is 0. The van der Waals surface area contributed by atoms with Gasteiger partial charge in [0.2, 0.25) is 0 Å². The first-order valence-electron chi connectivity index (χ1n) is 12.2. The number of ether oxygens (including phenoxy) is 1. The number of nitrogens with one attached hydrogen (secondary N) is 2. The second-order valence-electron chi connectivity index (χ2n) is 11.8. The molecule has 0 amide bonds. The van der Waals surface area contributed by atoms with Crippen molar-refractivity contribution in [1.82, 2.24) is 10.6 Å². The van der Waals surface area contributed by atoms with Gasteiger partial charge in [-0.2, -0.15) is 0 Å². The monoisotopic (exact) mass is 436 g/mol. The van der Waals surface area contributed by atoms with E-state index in [0.29, 0.717) is 23.9 Å². The topological polar surface area (TPSA) is 33.3 Å². The van der Waals surface area contributed by atoms with Crippen LogP contribution in [0.4, 0.5) is 0 Å². The van der Waals surface area contributed by atoms with Gasteiger partial charge in [-0.25, -0.2) is 0 Å². The molecule has 2 aromatic rings. The molecule has 1 fully saturated rings. The molecule has 0 aliphatic carbocycles. The Hall–Kier alpha value is -1.84. The van der Waals surface area contributed by atoms with Crippen LogP contribution in [0.2, 0.25) is 0 Å². The molecule has 1 aliphatic rings. The molecule has 176 valence electrons. The summed E-state index contributed by atoms with van der Waals surface area (Å²) in [5, 5.41) is 7.86. The fraction of sp³-hybridized carbons (Fsp3) is 0.586. The third kappa shape index (κ3) is 5.38. The first-order valence-corrected chi connectivity index (χ1v) is 12.2. The zero-order valence-electron chi connectivity index (χ0n) is 21.7. The highest BCUT2D eigenvalue weighted by atomic mass is 16.5. The Morgan fingerprint density at radius 3 is 2.31 bits per heavy atom. The Bertz CT molecular complexity index is 904. The Morgan fingerprint density at radius 2 is 1.72 bits per heavy atom. The summed E-state index contributed by atoms with van der Waals surface area (Å²) in [6.07, 6.45) is 0. The van der Waals surface area contributed by atoms with Crippen molar-refractivity contribution in [3.05, 3.63) is 64.7 Å². The molecule has 3 nitrogen and oxygen atoms in total. The van der Waals surface area contributed by atoms with Crippen LogP contribution in [0, 0.1) is 11.3 Å². The highest BCUT2D eigenvalue weighted by molar-refractivity contribution is 5.40. The third-order valence-electron chi connectivity index (χ3n) is 7.09. The molecular formula is C29H44N2O. The average molecular weight is 437 g/mol. The largest absolute Gasteiger partial charge is 0.496 e. The van der Waals surface area contributed by atoms with Crippen molar-refractivity contribution in [1.29, 1.82) is 0 Å². The molecule has 0 bridgehead atoms. The zero-order chi connectivity index (χ0) is 23.7. The van der Waals surface area contributed by atoms with Gasteiger partial charge in [0.15, 0.2) is 0 Å². The lowest BCUT2D eigenvalue weighted by molar-refractivity contribution is 0.207. The predicted molar refractivity (Wildman–Crippen MR) is 137 cm³/mol. The van der Waals surface area contributed by atoms with E-state index >= 15 is 0 Å². The van der Waals surface area contributed by atoms with E-state index in [9.17, 15) is 0 Å². The van der Waals surface area contributed by atoms with Gasteiger partial charge in [0, 0.05) is 30.7 Å². The van der Waals surface area contributed by atoms with Crippen molar-refractivity contribution in [2.75, 3.05) is 13.7 Å². The van der Waals surface area contributed by atoms with Crippen LogP contribution in [-0.4, -0.2) is 19.7 Å². The fourth-order valence-corrected chi connectivity index (χ4v) is 5.08. The molecule has 1 heterocycles. The molecule has 2 aromatic carbocycles. The summed E-state index contributed by atoms with van der Waals surface area (Å²) in [5.41, 5.74) is 5.77. The third-order valence-corrected chi connectivity index (χ3v) is 7.09. The molecule has 3 unspecified atom stereocenters. The fourth-order valence-electron chi connectivity index (χ4n) is 5.08. The number of hydrogen-bond acceptors (Lipinski definition) is 3. The van der Waals surface area contributed by atoms with Crippen LogP contribution >= 0.6 is 0 Å². The van der Waals surface area contributed by atoms with Gasteiger partial charge in [0.1, 0.15) is 5.75 Å². The average Bonchev–Trinajstić information content (AvgIpc) is 3.15. The van der Waals surface area contributed by atoms with E-state index in [1.807, 2.05) is 0 Å². The smallest absolute Gasteiger partial charge is 0.123 e. The Balaban J connectivity index is 1.94. The molecule has 0 radical (unpaired) electrons. The van der Waals surface area contributed by atoms with Crippen LogP contribution in [-0.2, 0) is 12.0 Å². The van der Waals surface area contributed by atoms with Crippen molar-refractivity contribution in [3.8, 4) is 5.75 Å². The number of benzene rings is 2. The first-order chi connectivity index (χ1) is 14.9. The van der Waals surface area contributed by atoms with Gasteiger partial charge in [-0.05, 0) is 45.4 Å². The van der Waals surface area contributed by atoms with Crippen molar-refractivity contribution in [2.24, 2.45) is 11.3 Å². The standard InChI is InChI=1S/C29H44N2O/c1-19(2)22-12-10-11-13-23(22)26-27(24(18-31-26)29(6,7)8)30-17-20-16-21(28(3,4)5)14-15-25(20)32-9/h10-16,19,24,26-27,30-31H,17-18H2,1-9H3. The molecule has 3 rings (SSSR count). The van der Waals surface area contributed by atoms with Crippen molar-refractivity contribution in [2.45, 2.75) is 85.4 Å². The summed E-state index contributed by atoms with van der Waals surface area (Å²) >= 11 is 0. The Morgan fingerprint density at radius 1 is 1.03 bits per heavy atom. The van der Waals surface area contributed by atoms with Crippen LogP contribution in [0.15, 0.2) is 42.5 Å². The highest BCUT2D eigenvalue weighted by Crippen LogP contribution is 2.40. The molecule has 0 aromatic heterocycles. The second-order valence-corrected chi connectivity index (χ2v) is 11.8. The van der Waals surface area contributed by atoms with Crippen LogP contribution in [0.3, 0.4) is 0 Å². The minimum atomic E-state index is 0.114. The molecule has 0 spiro atoms. The van der Waals surface area contributed by atoms with Crippen LogP contribution in [0.1, 0.15) is 89.6 Å². The summed E-state index contributed by atoms with van der Waals surface area (Å²) in [6.45, 7) is 20.3. The van der Waals surface area contributed by atoms with Gasteiger partial charge in [-0.15, -0.1) is 0 Å². The predicted octanol–water partition coefficient (Wildman–Crippen LogP) is 6.58. The quantitative estimate of drug-likeness (QED) is 0.536. The van der Waals surface area contributed by atoms with Crippen molar-refractivity contribution < 1.29 is 4.74 Å². The van der Waals surface area contributed by atoms with E-state index in [1.54, 1.807) is 7.11 Å². The van der Waals surface area contributed by atoms with Crippen LogP contribution < -0.4 is 15.4 Å². The number of methoxy groups -OCH3 is 1. The maximum atomic E-state index is 5.73. The summed E-state index contributed by atoms with van der Waals surface area (Å²) in [6, 6.07) is 16.2. The summed E-state index contributed by atoms with van der Waals surface area (Å²) in [5.74, 6) is 2.00. The van der Waals surface area contributed by atoms with E-state index in [0.717, 1.165) is 18.8 Å². The number of rotatable bonds is 6. The lowest BCUT2D eigenvalue weighted by atomic mass is 9.75. The summed E-state index contributed by atoms with van der Waals surface area (Å²) < 4.78 is 5.73. The molecule has 3 atom stereocenters. The lowest BCUT2D eigenvalue weighted by Crippen LogP contribution is -2.42. The number of hydrogen-bond donors (Lipinski definition) is 2. The Labute approximate surface area is 196 Å². The van der Waals surface area contributed by atoms with Crippen LogP contribution in [0.25, 0.3) is 0 Å². The molecule has 2 N–H and O–H groups in total. The van der Waals surface area contributed by atoms with Gasteiger partial charge in [0.05, 0.1) is 7.11 Å². The van der Waals surface area contributed by atoms with E-state index in [1.165, 1.54) is 22.3 Å². The minimum absolute atomic E-state index is 0.114. The molecular weight excluding hydrogens is 392 g/mol. The van der Waals surface area contributed by atoms with Gasteiger partial charge in [0.25, 0.3) is 0 Å². The molecule has 1 aliphatic heterocycles. The van der Waals surface area contributed by atoms with Gasteiger partial charge >= 0.3 is 0 Å². The molecule has 0 saturated carbocycles.